The van der Waals surface area contributed by atoms with Gasteiger partial charge in [0.2, 0.25) is 0 Å². The number of aromatic nitrogens is 2. The van der Waals surface area contributed by atoms with E-state index in [1.54, 1.807) is 12.4 Å². The summed E-state index contributed by atoms with van der Waals surface area (Å²) in [7, 11) is 0. The van der Waals surface area contributed by atoms with Crippen molar-refractivity contribution >= 4 is 0 Å². The molecule has 0 unspecified atom stereocenters. The van der Waals surface area contributed by atoms with Crippen LogP contribution in [0, 0.1) is 0 Å². The van der Waals surface area contributed by atoms with Crippen molar-refractivity contribution in [3.8, 4) is 0 Å². The van der Waals surface area contributed by atoms with Crippen molar-refractivity contribution in [3.63, 3.8) is 0 Å². The molecule has 9 heteroatoms. The highest BCUT2D eigenvalue weighted by atomic mass is 16.5. The molecule has 1 aliphatic heterocycles. The van der Waals surface area contributed by atoms with Crippen LogP contribution in [-0.4, -0.2) is 112 Å². The zero-order valence-corrected chi connectivity index (χ0v) is 20.8. The maximum Gasteiger partial charge on any atom is 0.0888 e. The third kappa shape index (κ3) is 13.1. The number of hydrogen-bond acceptors (Lipinski definition) is 9. The van der Waals surface area contributed by atoms with Crippen LogP contribution in [0.1, 0.15) is 11.4 Å². The Balaban J connectivity index is 1.43. The van der Waals surface area contributed by atoms with Crippen LogP contribution >= 0.6 is 0 Å². The molecule has 3 rings (SSSR count). The van der Waals surface area contributed by atoms with Gasteiger partial charge in [0.1, 0.15) is 0 Å². The van der Waals surface area contributed by atoms with E-state index >= 15 is 0 Å². The SMILES string of the molecule is c1ccc(COCCN2CCOCCOCCOCCN(CCOCc3ccccn3)CC2)nc1. The normalized spacial score (nSPS) is 18.1. The average Bonchev–Trinajstić information content (AvgIpc) is 2.91. The van der Waals surface area contributed by atoms with Crippen LogP contribution < -0.4 is 0 Å². The highest BCUT2D eigenvalue weighted by Crippen LogP contribution is 2.00. The number of pyridine rings is 2. The largest absolute Gasteiger partial charge is 0.378 e. The third-order valence-electron chi connectivity index (χ3n) is 5.64. The van der Waals surface area contributed by atoms with Crippen LogP contribution in [0.4, 0.5) is 0 Å². The van der Waals surface area contributed by atoms with Crippen molar-refractivity contribution in [1.82, 2.24) is 19.8 Å². The maximum absolute atomic E-state index is 5.87. The Bertz CT molecular complexity index is 692. The van der Waals surface area contributed by atoms with Gasteiger partial charge >= 0.3 is 0 Å². The minimum absolute atomic E-state index is 0.527. The second kappa shape index (κ2) is 18.3. The third-order valence-corrected chi connectivity index (χ3v) is 5.64. The van der Waals surface area contributed by atoms with Gasteiger partial charge in [-0.25, -0.2) is 0 Å². The molecule has 0 spiro atoms. The van der Waals surface area contributed by atoms with Gasteiger partial charge in [0.15, 0.2) is 0 Å². The number of hydrogen-bond donors (Lipinski definition) is 0. The van der Waals surface area contributed by atoms with Gasteiger partial charge in [-0.1, -0.05) is 12.1 Å². The molecule has 0 aliphatic carbocycles. The molecule has 1 saturated heterocycles. The van der Waals surface area contributed by atoms with Gasteiger partial charge in [0, 0.05) is 51.7 Å². The van der Waals surface area contributed by atoms with Crippen LogP contribution in [0.15, 0.2) is 48.8 Å². The van der Waals surface area contributed by atoms with E-state index in [9.17, 15) is 0 Å². The summed E-state index contributed by atoms with van der Waals surface area (Å²) < 4.78 is 28.9. The molecule has 0 bridgehead atoms. The number of nitrogens with zero attached hydrogens (tertiary/aromatic N) is 4. The minimum Gasteiger partial charge on any atom is -0.378 e. The lowest BCUT2D eigenvalue weighted by Gasteiger charge is -2.27. The second-order valence-corrected chi connectivity index (χ2v) is 8.27. The molecule has 35 heavy (non-hydrogen) atoms. The van der Waals surface area contributed by atoms with Crippen molar-refractivity contribution in [2.45, 2.75) is 13.2 Å². The Labute approximate surface area is 209 Å². The zero-order valence-electron chi connectivity index (χ0n) is 20.8. The lowest BCUT2D eigenvalue weighted by Crippen LogP contribution is -2.40. The minimum atomic E-state index is 0.527. The lowest BCUT2D eigenvalue weighted by atomic mass is 10.3. The standard InChI is InChI=1S/C26H40N4O5/c1-3-7-27-25(5-1)23-34-17-13-29-9-10-30(14-18-35-24-26-6-2-4-8-28-26)12-16-32-20-22-33-21-19-31-15-11-29/h1-8H,9-24H2. The van der Waals surface area contributed by atoms with Gasteiger partial charge in [0.25, 0.3) is 0 Å². The van der Waals surface area contributed by atoms with Crippen molar-refractivity contribution in [2.75, 3.05) is 92.1 Å². The summed E-state index contributed by atoms with van der Waals surface area (Å²) in [6, 6.07) is 11.8. The van der Waals surface area contributed by atoms with Crippen molar-refractivity contribution in [1.29, 1.82) is 0 Å². The first-order valence-corrected chi connectivity index (χ1v) is 12.5. The molecule has 0 amide bonds. The molecule has 0 aromatic carbocycles. The van der Waals surface area contributed by atoms with Gasteiger partial charge in [0.05, 0.1) is 77.5 Å². The summed E-state index contributed by atoms with van der Waals surface area (Å²) >= 11 is 0. The molecule has 0 saturated carbocycles. The zero-order chi connectivity index (χ0) is 24.2. The maximum atomic E-state index is 5.87. The summed E-state index contributed by atoms with van der Waals surface area (Å²) in [5, 5.41) is 0. The average molecular weight is 489 g/mol. The van der Waals surface area contributed by atoms with Gasteiger partial charge in [-0.3, -0.25) is 19.8 Å². The number of rotatable bonds is 10. The van der Waals surface area contributed by atoms with Gasteiger partial charge in [-0.2, -0.15) is 0 Å². The van der Waals surface area contributed by atoms with E-state index in [2.05, 4.69) is 19.8 Å². The van der Waals surface area contributed by atoms with Crippen LogP contribution in [0.25, 0.3) is 0 Å². The van der Waals surface area contributed by atoms with Gasteiger partial charge < -0.3 is 23.7 Å². The highest BCUT2D eigenvalue weighted by Gasteiger charge is 2.11. The van der Waals surface area contributed by atoms with Crippen molar-refractivity contribution in [3.05, 3.63) is 60.2 Å². The van der Waals surface area contributed by atoms with Crippen LogP contribution in [-0.2, 0) is 36.9 Å². The molecule has 1 fully saturated rings. The summed E-state index contributed by atoms with van der Waals surface area (Å²) in [5.41, 5.74) is 1.90. The smallest absolute Gasteiger partial charge is 0.0888 e. The Morgan fingerprint density at radius 3 is 1.49 bits per heavy atom. The molecule has 2 aromatic heterocycles. The fourth-order valence-corrected chi connectivity index (χ4v) is 3.59. The van der Waals surface area contributed by atoms with Crippen molar-refractivity contribution < 1.29 is 23.7 Å². The summed E-state index contributed by atoms with van der Waals surface area (Å²) in [5.74, 6) is 0. The van der Waals surface area contributed by atoms with Gasteiger partial charge in [-0.05, 0) is 24.3 Å². The molecule has 1 aliphatic rings. The molecule has 0 atom stereocenters. The molecule has 0 radical (unpaired) electrons. The monoisotopic (exact) mass is 488 g/mol. The van der Waals surface area contributed by atoms with Crippen LogP contribution in [0.5, 0.6) is 0 Å². The van der Waals surface area contributed by atoms with Crippen molar-refractivity contribution in [2.24, 2.45) is 0 Å². The van der Waals surface area contributed by atoms with Crippen LogP contribution in [0.2, 0.25) is 0 Å². The quantitative estimate of drug-likeness (QED) is 0.466. The summed E-state index contributed by atoms with van der Waals surface area (Å²) in [6.07, 6.45) is 3.59. The predicted octanol–water partition coefficient (Wildman–Crippen LogP) is 1.88. The molecular formula is C26H40N4O5. The van der Waals surface area contributed by atoms with E-state index in [-0.39, 0.29) is 0 Å². The molecule has 194 valence electrons. The van der Waals surface area contributed by atoms with E-state index in [0.29, 0.717) is 66.1 Å². The fraction of sp³-hybridized carbons (Fsp3) is 0.615. The molecule has 0 N–H and O–H groups in total. The van der Waals surface area contributed by atoms with Gasteiger partial charge in [-0.15, -0.1) is 0 Å². The molecule has 3 heterocycles. The van der Waals surface area contributed by atoms with E-state index < -0.39 is 0 Å². The Hall–Kier alpha value is -1.98. The van der Waals surface area contributed by atoms with E-state index in [1.807, 2.05) is 36.4 Å². The molecule has 9 nitrogen and oxygen atoms in total. The highest BCUT2D eigenvalue weighted by molar-refractivity contribution is 5.02. The summed E-state index contributed by atoms with van der Waals surface area (Å²) in [4.78, 5) is 13.4. The molecule has 2 aromatic rings. The van der Waals surface area contributed by atoms with E-state index in [0.717, 1.165) is 50.7 Å². The molecular weight excluding hydrogens is 448 g/mol. The lowest BCUT2D eigenvalue weighted by molar-refractivity contribution is 0.00883. The Morgan fingerprint density at radius 2 is 1.06 bits per heavy atom. The van der Waals surface area contributed by atoms with E-state index in [1.165, 1.54) is 0 Å². The first-order valence-electron chi connectivity index (χ1n) is 12.5. The topological polar surface area (TPSA) is 78.4 Å². The Kier molecular flexibility index (Phi) is 14.4. The van der Waals surface area contributed by atoms with Crippen LogP contribution in [0.3, 0.4) is 0 Å². The predicted molar refractivity (Wildman–Crippen MR) is 133 cm³/mol. The first kappa shape index (κ1) is 27.6. The first-order chi connectivity index (χ1) is 17.4. The number of ether oxygens (including phenoxy) is 5. The summed E-state index contributed by atoms with van der Waals surface area (Å²) in [6.45, 7) is 11.3. The Morgan fingerprint density at radius 1 is 0.600 bits per heavy atom. The fourth-order valence-electron chi connectivity index (χ4n) is 3.59. The van der Waals surface area contributed by atoms with E-state index in [4.69, 9.17) is 23.7 Å². The second-order valence-electron chi connectivity index (χ2n) is 8.27.